The minimum absolute atomic E-state index is 0.231. The van der Waals surface area contributed by atoms with Crippen LogP contribution >= 0.6 is 0 Å². The second-order valence-electron chi connectivity index (χ2n) is 8.09. The largest absolute Gasteiger partial charge is 0.413 e. The molecular formula is C21H22FN7O2. The smallest absolute Gasteiger partial charge is 0.312 e. The monoisotopic (exact) mass is 423 g/mol. The molecule has 0 aromatic carbocycles. The van der Waals surface area contributed by atoms with Gasteiger partial charge in [0.05, 0.1) is 23.2 Å². The number of hydrogen-bond acceptors (Lipinski definition) is 6. The predicted octanol–water partition coefficient (Wildman–Crippen LogP) is 3.00. The van der Waals surface area contributed by atoms with Crippen molar-refractivity contribution >= 4 is 11.4 Å². The minimum atomic E-state index is -1.83. The number of H-pyrrole nitrogens is 1. The number of alkyl halides is 1. The average Bonchev–Trinajstić information content (AvgIpc) is 3.50. The maximum Gasteiger partial charge on any atom is 0.312 e. The number of aryl methyl sites for hydroxylation is 1. The molecule has 0 radical (unpaired) electrons. The molecule has 5 heterocycles. The summed E-state index contributed by atoms with van der Waals surface area (Å²) in [6.07, 6.45) is 4.96. The summed E-state index contributed by atoms with van der Waals surface area (Å²) in [5, 5.41) is 12.2. The van der Waals surface area contributed by atoms with E-state index in [-0.39, 0.29) is 11.8 Å². The van der Waals surface area contributed by atoms with E-state index in [1.165, 1.54) is 13.8 Å². The number of halogens is 1. The average molecular weight is 423 g/mol. The molecule has 4 aromatic heterocycles. The van der Waals surface area contributed by atoms with E-state index in [1.807, 2.05) is 22.8 Å². The lowest BCUT2D eigenvalue weighted by atomic mass is 9.99. The zero-order valence-corrected chi connectivity index (χ0v) is 17.5. The Morgan fingerprint density at radius 3 is 2.97 bits per heavy atom. The topological polar surface area (TPSA) is 105 Å². The highest BCUT2D eigenvalue weighted by molar-refractivity contribution is 5.90. The predicted molar refractivity (Wildman–Crippen MR) is 108 cm³/mol. The number of nitrogens with zero attached hydrogens (tertiary/aromatic N) is 6. The maximum absolute atomic E-state index is 14.2. The van der Waals surface area contributed by atoms with Crippen molar-refractivity contribution in [1.29, 1.82) is 0 Å². The van der Waals surface area contributed by atoms with E-state index < -0.39 is 17.6 Å². The molecule has 0 saturated heterocycles. The lowest BCUT2D eigenvalue weighted by Gasteiger charge is -2.32. The fourth-order valence-electron chi connectivity index (χ4n) is 3.99. The van der Waals surface area contributed by atoms with Crippen LogP contribution in [0.25, 0.3) is 5.52 Å². The SMILES string of the molecule is CCc1cccn2nc([C@@H]3c4nc[nH]c4CCN3C(=O)c3nnc(C(C)(C)F)o3)cc12. The summed E-state index contributed by atoms with van der Waals surface area (Å²) in [7, 11) is 0. The summed E-state index contributed by atoms with van der Waals surface area (Å²) >= 11 is 0. The zero-order chi connectivity index (χ0) is 21.8. The number of fused-ring (bicyclic) bond motifs is 2. The Morgan fingerprint density at radius 2 is 2.23 bits per heavy atom. The molecular weight excluding hydrogens is 401 g/mol. The third kappa shape index (κ3) is 3.18. The Bertz CT molecular complexity index is 1270. The van der Waals surface area contributed by atoms with Gasteiger partial charge in [-0.25, -0.2) is 13.9 Å². The van der Waals surface area contributed by atoms with E-state index >= 15 is 0 Å². The Balaban J connectivity index is 1.59. The first-order valence-electron chi connectivity index (χ1n) is 10.2. The van der Waals surface area contributed by atoms with Crippen molar-refractivity contribution in [1.82, 2.24) is 34.7 Å². The van der Waals surface area contributed by atoms with Gasteiger partial charge in [-0.05, 0) is 38.0 Å². The van der Waals surface area contributed by atoms with Crippen LogP contribution in [0.2, 0.25) is 0 Å². The third-order valence-corrected chi connectivity index (χ3v) is 5.57. The Morgan fingerprint density at radius 1 is 1.39 bits per heavy atom. The molecule has 0 fully saturated rings. The van der Waals surface area contributed by atoms with Crippen molar-refractivity contribution in [2.45, 2.75) is 45.3 Å². The van der Waals surface area contributed by atoms with Gasteiger partial charge < -0.3 is 14.3 Å². The molecule has 0 saturated carbocycles. The van der Waals surface area contributed by atoms with Gasteiger partial charge >= 0.3 is 11.8 Å². The summed E-state index contributed by atoms with van der Waals surface area (Å²) < 4.78 is 21.4. The summed E-state index contributed by atoms with van der Waals surface area (Å²) in [5.41, 5.74) is 2.68. The van der Waals surface area contributed by atoms with Gasteiger partial charge in [0.15, 0.2) is 5.67 Å². The van der Waals surface area contributed by atoms with E-state index in [4.69, 9.17) is 9.52 Å². The number of nitrogens with one attached hydrogen (secondary N) is 1. The fourth-order valence-corrected chi connectivity index (χ4v) is 3.99. The molecule has 5 rings (SSSR count). The summed E-state index contributed by atoms with van der Waals surface area (Å²) in [5.74, 6) is -0.956. The van der Waals surface area contributed by atoms with Gasteiger partial charge in [0.2, 0.25) is 0 Å². The van der Waals surface area contributed by atoms with E-state index in [0.29, 0.717) is 18.7 Å². The molecule has 1 aliphatic heterocycles. The molecule has 0 bridgehead atoms. The van der Waals surface area contributed by atoms with Crippen molar-refractivity contribution in [3.63, 3.8) is 0 Å². The number of carbonyl (C=O) groups is 1. The van der Waals surface area contributed by atoms with E-state index in [9.17, 15) is 9.18 Å². The lowest BCUT2D eigenvalue weighted by molar-refractivity contribution is 0.0636. The van der Waals surface area contributed by atoms with Gasteiger partial charge in [-0.2, -0.15) is 5.10 Å². The quantitative estimate of drug-likeness (QED) is 0.541. The number of amides is 1. The standard InChI is InChI=1S/C21H22FN7O2/c1-4-12-6-5-8-29-15(12)10-14(27-29)17-16-13(23-11-24-16)7-9-28(17)19(30)18-25-26-20(31-18)21(2,3)22/h5-6,8,10-11,17H,4,7,9H2,1-3H3,(H,23,24)/t17-/m1/s1. The van der Waals surface area contributed by atoms with Crippen LogP contribution < -0.4 is 0 Å². The Labute approximate surface area is 177 Å². The van der Waals surface area contributed by atoms with Crippen molar-refractivity contribution < 1.29 is 13.6 Å². The van der Waals surface area contributed by atoms with Crippen LogP contribution in [0.3, 0.4) is 0 Å². The van der Waals surface area contributed by atoms with Gasteiger partial charge in [-0.1, -0.05) is 13.0 Å². The first-order chi connectivity index (χ1) is 14.9. The molecule has 0 unspecified atom stereocenters. The molecule has 1 aliphatic rings. The van der Waals surface area contributed by atoms with Crippen LogP contribution in [0.5, 0.6) is 0 Å². The minimum Gasteiger partial charge on any atom is -0.413 e. The number of aromatic nitrogens is 6. The molecule has 1 amide bonds. The summed E-state index contributed by atoms with van der Waals surface area (Å²) in [6.45, 7) is 5.10. The number of rotatable bonds is 4. The van der Waals surface area contributed by atoms with Crippen LogP contribution in [-0.2, 0) is 18.5 Å². The van der Waals surface area contributed by atoms with Crippen molar-refractivity contribution in [2.75, 3.05) is 6.54 Å². The fraction of sp³-hybridized carbons (Fsp3) is 0.381. The van der Waals surface area contributed by atoms with Gasteiger partial charge in [0.1, 0.15) is 6.04 Å². The lowest BCUT2D eigenvalue weighted by Crippen LogP contribution is -2.41. The second-order valence-corrected chi connectivity index (χ2v) is 8.09. The molecule has 0 spiro atoms. The third-order valence-electron chi connectivity index (χ3n) is 5.57. The molecule has 10 heteroatoms. The number of imidazole rings is 1. The van der Waals surface area contributed by atoms with E-state index in [2.05, 4.69) is 33.2 Å². The molecule has 1 atom stereocenters. The summed E-state index contributed by atoms with van der Waals surface area (Å²) in [6, 6.07) is 5.46. The number of pyridine rings is 1. The second kappa shape index (κ2) is 7.00. The zero-order valence-electron chi connectivity index (χ0n) is 17.5. The number of hydrogen-bond donors (Lipinski definition) is 1. The highest BCUT2D eigenvalue weighted by atomic mass is 19.1. The first-order valence-corrected chi connectivity index (χ1v) is 10.2. The Hall–Kier alpha value is -3.56. The molecule has 4 aromatic rings. The normalized spacial score (nSPS) is 16.6. The molecule has 9 nitrogen and oxygen atoms in total. The van der Waals surface area contributed by atoms with Gasteiger partial charge in [0, 0.05) is 24.9 Å². The van der Waals surface area contributed by atoms with Crippen LogP contribution in [0.1, 0.15) is 66.0 Å². The number of aromatic amines is 1. The molecule has 0 aliphatic carbocycles. The van der Waals surface area contributed by atoms with Crippen LogP contribution in [0, 0.1) is 0 Å². The summed E-state index contributed by atoms with van der Waals surface area (Å²) in [4.78, 5) is 22.6. The van der Waals surface area contributed by atoms with Crippen molar-refractivity contribution in [3.8, 4) is 0 Å². The molecule has 31 heavy (non-hydrogen) atoms. The molecule has 160 valence electrons. The molecule has 1 N–H and O–H groups in total. The van der Waals surface area contributed by atoms with Crippen molar-refractivity contribution in [3.05, 3.63) is 65.1 Å². The van der Waals surface area contributed by atoms with Gasteiger partial charge in [0.25, 0.3) is 5.89 Å². The number of carbonyl (C=O) groups excluding carboxylic acids is 1. The van der Waals surface area contributed by atoms with Gasteiger partial charge in [-0.3, -0.25) is 4.79 Å². The highest BCUT2D eigenvalue weighted by Gasteiger charge is 2.39. The van der Waals surface area contributed by atoms with Crippen LogP contribution in [-0.4, -0.2) is 47.1 Å². The van der Waals surface area contributed by atoms with Gasteiger partial charge in [-0.15, -0.1) is 10.2 Å². The maximum atomic E-state index is 14.2. The van der Waals surface area contributed by atoms with Crippen molar-refractivity contribution in [2.24, 2.45) is 0 Å². The van der Waals surface area contributed by atoms with E-state index in [0.717, 1.165) is 28.9 Å². The van der Waals surface area contributed by atoms with E-state index in [1.54, 1.807) is 11.2 Å². The highest BCUT2D eigenvalue weighted by Crippen LogP contribution is 2.35. The first kappa shape index (κ1) is 19.4. The Kier molecular flexibility index (Phi) is 4.38. The van der Waals surface area contributed by atoms with Crippen LogP contribution in [0.15, 0.2) is 35.1 Å². The van der Waals surface area contributed by atoms with Crippen LogP contribution in [0.4, 0.5) is 4.39 Å².